The normalized spacial score (nSPS) is 16.5. The second kappa shape index (κ2) is 7.17. The number of carbonyl (C=O) groups excluding carboxylic acids is 2. The minimum Gasteiger partial charge on any atom is -0.457 e. The van der Waals surface area contributed by atoms with Gasteiger partial charge in [-0.3, -0.25) is 9.59 Å². The summed E-state index contributed by atoms with van der Waals surface area (Å²) in [4.78, 5) is 23.3. The third-order valence-electron chi connectivity index (χ3n) is 4.05. The maximum Gasteiger partial charge on any atom is 0.242 e. The predicted molar refractivity (Wildman–Crippen MR) is 90.7 cm³/mol. The summed E-state index contributed by atoms with van der Waals surface area (Å²) in [7, 11) is 0. The lowest BCUT2D eigenvalue weighted by Gasteiger charge is -2.15. The van der Waals surface area contributed by atoms with E-state index < -0.39 is 6.04 Å². The molecule has 0 bridgehead atoms. The first kappa shape index (κ1) is 16.1. The number of nitrogens with one attached hydrogen (secondary N) is 2. The van der Waals surface area contributed by atoms with Crippen molar-refractivity contribution < 1.29 is 14.3 Å². The van der Waals surface area contributed by atoms with Gasteiger partial charge in [-0.2, -0.15) is 0 Å². The molecule has 2 aromatic rings. The number of amides is 2. The lowest BCUT2D eigenvalue weighted by Crippen LogP contribution is -2.41. The van der Waals surface area contributed by atoms with Gasteiger partial charge in [-0.05, 0) is 31.0 Å². The summed E-state index contributed by atoms with van der Waals surface area (Å²) in [6.45, 7) is 2.34. The van der Waals surface area contributed by atoms with E-state index in [0.717, 1.165) is 16.9 Å². The average Bonchev–Trinajstić information content (AvgIpc) is 3.02. The van der Waals surface area contributed by atoms with Crippen LogP contribution in [0.25, 0.3) is 0 Å². The molecule has 5 nitrogen and oxygen atoms in total. The highest BCUT2D eigenvalue weighted by atomic mass is 16.5. The van der Waals surface area contributed by atoms with Crippen LogP contribution in [0.4, 0.5) is 0 Å². The molecule has 5 heteroatoms. The lowest BCUT2D eigenvalue weighted by molar-refractivity contribution is -0.125. The molecule has 1 aliphatic rings. The molecule has 1 fully saturated rings. The summed E-state index contributed by atoms with van der Waals surface area (Å²) < 4.78 is 5.99. The van der Waals surface area contributed by atoms with Gasteiger partial charge in [-0.15, -0.1) is 0 Å². The summed E-state index contributed by atoms with van der Waals surface area (Å²) in [6.07, 6.45) is 0.955. The highest BCUT2D eigenvalue weighted by Gasteiger charge is 2.26. The smallest absolute Gasteiger partial charge is 0.242 e. The van der Waals surface area contributed by atoms with Crippen molar-refractivity contribution in [2.45, 2.75) is 32.4 Å². The molecule has 0 aliphatic carbocycles. The molecule has 0 aromatic heterocycles. The van der Waals surface area contributed by atoms with Crippen molar-refractivity contribution in [3.63, 3.8) is 0 Å². The Morgan fingerprint density at radius 3 is 2.58 bits per heavy atom. The monoisotopic (exact) mass is 324 g/mol. The number of ether oxygens (including phenoxy) is 1. The number of para-hydroxylation sites is 2. The molecule has 1 aliphatic heterocycles. The maximum absolute atomic E-state index is 12.1. The third-order valence-corrected chi connectivity index (χ3v) is 4.05. The van der Waals surface area contributed by atoms with Crippen molar-refractivity contribution in [1.82, 2.24) is 10.6 Å². The van der Waals surface area contributed by atoms with Gasteiger partial charge >= 0.3 is 0 Å². The fourth-order valence-electron chi connectivity index (χ4n) is 2.66. The van der Waals surface area contributed by atoms with Crippen molar-refractivity contribution in [2.24, 2.45) is 0 Å². The first-order chi connectivity index (χ1) is 11.6. The van der Waals surface area contributed by atoms with Crippen LogP contribution >= 0.6 is 0 Å². The number of carbonyl (C=O) groups is 2. The van der Waals surface area contributed by atoms with Gasteiger partial charge in [0.05, 0.1) is 0 Å². The van der Waals surface area contributed by atoms with Gasteiger partial charge in [0.2, 0.25) is 11.8 Å². The Morgan fingerprint density at radius 1 is 1.17 bits per heavy atom. The maximum atomic E-state index is 12.1. The first-order valence-corrected chi connectivity index (χ1v) is 8.02. The van der Waals surface area contributed by atoms with E-state index in [9.17, 15) is 9.59 Å². The van der Waals surface area contributed by atoms with Gasteiger partial charge in [-0.1, -0.05) is 36.4 Å². The topological polar surface area (TPSA) is 67.4 Å². The van der Waals surface area contributed by atoms with E-state index in [1.165, 1.54) is 0 Å². The molecule has 1 atom stereocenters. The van der Waals surface area contributed by atoms with Crippen LogP contribution in [-0.2, 0) is 16.1 Å². The standard InChI is InChI=1S/C19H20N2O3/c1-13-6-2-4-8-16(13)24-17-9-5-3-7-14(17)12-20-19(23)15-10-11-18(22)21-15/h2-9,15H,10-12H2,1H3,(H,20,23)(H,21,22). The SMILES string of the molecule is Cc1ccccc1Oc1ccccc1CNC(=O)C1CCC(=O)N1. The minimum atomic E-state index is -0.429. The molecule has 124 valence electrons. The van der Waals surface area contributed by atoms with E-state index in [1.807, 2.05) is 55.5 Å². The number of benzene rings is 2. The van der Waals surface area contributed by atoms with E-state index in [0.29, 0.717) is 25.1 Å². The molecular formula is C19H20N2O3. The Labute approximate surface area is 141 Å². The highest BCUT2D eigenvalue weighted by Crippen LogP contribution is 2.27. The fraction of sp³-hybridized carbons (Fsp3) is 0.263. The van der Waals surface area contributed by atoms with Crippen LogP contribution in [0.1, 0.15) is 24.0 Å². The molecule has 2 N–H and O–H groups in total. The van der Waals surface area contributed by atoms with Gasteiger partial charge in [0, 0.05) is 18.5 Å². The Bertz CT molecular complexity index is 758. The molecule has 2 aromatic carbocycles. The first-order valence-electron chi connectivity index (χ1n) is 8.02. The number of hydrogen-bond acceptors (Lipinski definition) is 3. The molecule has 1 saturated heterocycles. The number of rotatable bonds is 5. The van der Waals surface area contributed by atoms with E-state index in [4.69, 9.17) is 4.74 Å². The molecule has 0 saturated carbocycles. The summed E-state index contributed by atoms with van der Waals surface area (Å²) >= 11 is 0. The molecule has 0 spiro atoms. The quantitative estimate of drug-likeness (QED) is 0.888. The van der Waals surface area contributed by atoms with Gasteiger partial charge in [0.1, 0.15) is 17.5 Å². The predicted octanol–water partition coefficient (Wildman–Crippen LogP) is 2.68. The number of aryl methyl sites for hydroxylation is 1. The molecule has 1 heterocycles. The van der Waals surface area contributed by atoms with E-state index in [-0.39, 0.29) is 11.8 Å². The van der Waals surface area contributed by atoms with Crippen molar-refractivity contribution in [3.8, 4) is 11.5 Å². The van der Waals surface area contributed by atoms with Gasteiger partial charge in [-0.25, -0.2) is 0 Å². The second-order valence-electron chi connectivity index (χ2n) is 5.85. The summed E-state index contributed by atoms with van der Waals surface area (Å²) in [6, 6.07) is 15.0. The van der Waals surface area contributed by atoms with Crippen molar-refractivity contribution >= 4 is 11.8 Å². The van der Waals surface area contributed by atoms with Crippen LogP contribution in [0.3, 0.4) is 0 Å². The Morgan fingerprint density at radius 2 is 1.88 bits per heavy atom. The van der Waals surface area contributed by atoms with Crippen LogP contribution in [-0.4, -0.2) is 17.9 Å². The Kier molecular flexibility index (Phi) is 4.79. The largest absolute Gasteiger partial charge is 0.457 e. The average molecular weight is 324 g/mol. The zero-order chi connectivity index (χ0) is 16.9. The van der Waals surface area contributed by atoms with E-state index in [1.54, 1.807) is 0 Å². The Hall–Kier alpha value is -2.82. The van der Waals surface area contributed by atoms with Crippen molar-refractivity contribution in [2.75, 3.05) is 0 Å². The summed E-state index contributed by atoms with van der Waals surface area (Å²) in [5.74, 6) is 1.27. The van der Waals surface area contributed by atoms with Gasteiger partial charge < -0.3 is 15.4 Å². The number of hydrogen-bond donors (Lipinski definition) is 2. The molecular weight excluding hydrogens is 304 g/mol. The fourth-order valence-corrected chi connectivity index (χ4v) is 2.66. The summed E-state index contributed by atoms with van der Waals surface area (Å²) in [5, 5.41) is 5.54. The minimum absolute atomic E-state index is 0.0709. The Balaban J connectivity index is 1.67. The van der Waals surface area contributed by atoms with Crippen molar-refractivity contribution in [1.29, 1.82) is 0 Å². The summed E-state index contributed by atoms with van der Waals surface area (Å²) in [5.41, 5.74) is 1.93. The second-order valence-corrected chi connectivity index (χ2v) is 5.85. The third kappa shape index (κ3) is 3.74. The highest BCUT2D eigenvalue weighted by molar-refractivity contribution is 5.90. The van der Waals surface area contributed by atoms with Crippen LogP contribution < -0.4 is 15.4 Å². The van der Waals surface area contributed by atoms with Crippen molar-refractivity contribution in [3.05, 3.63) is 59.7 Å². The zero-order valence-electron chi connectivity index (χ0n) is 13.5. The molecule has 3 rings (SSSR count). The molecule has 0 radical (unpaired) electrons. The van der Waals surface area contributed by atoms with Crippen LogP contribution in [0.15, 0.2) is 48.5 Å². The zero-order valence-corrected chi connectivity index (χ0v) is 13.5. The van der Waals surface area contributed by atoms with E-state index in [2.05, 4.69) is 10.6 Å². The van der Waals surface area contributed by atoms with Crippen LogP contribution in [0.5, 0.6) is 11.5 Å². The lowest BCUT2D eigenvalue weighted by atomic mass is 10.1. The van der Waals surface area contributed by atoms with Crippen LogP contribution in [0.2, 0.25) is 0 Å². The van der Waals surface area contributed by atoms with Gasteiger partial charge in [0.25, 0.3) is 0 Å². The molecule has 24 heavy (non-hydrogen) atoms. The molecule has 1 unspecified atom stereocenters. The van der Waals surface area contributed by atoms with Gasteiger partial charge in [0.15, 0.2) is 0 Å². The van der Waals surface area contributed by atoms with E-state index >= 15 is 0 Å². The van der Waals surface area contributed by atoms with Crippen LogP contribution in [0, 0.1) is 6.92 Å². The molecule has 2 amide bonds.